The van der Waals surface area contributed by atoms with Gasteiger partial charge in [0.1, 0.15) is 12.6 Å². The lowest BCUT2D eigenvalue weighted by atomic mass is 10.1. The van der Waals surface area contributed by atoms with Gasteiger partial charge in [0.2, 0.25) is 5.91 Å². The van der Waals surface area contributed by atoms with Crippen molar-refractivity contribution in [3.63, 3.8) is 0 Å². The van der Waals surface area contributed by atoms with Crippen LogP contribution in [0.5, 0.6) is 0 Å². The van der Waals surface area contributed by atoms with E-state index in [1.807, 2.05) is 12.2 Å². The van der Waals surface area contributed by atoms with Crippen molar-refractivity contribution in [2.24, 2.45) is 0 Å². The normalized spacial score (nSPS) is 13.0. The summed E-state index contributed by atoms with van der Waals surface area (Å²) in [6, 6.07) is 0. The van der Waals surface area contributed by atoms with Crippen molar-refractivity contribution in [3.8, 4) is 0 Å². The molecule has 0 aliphatic heterocycles. The Kier molecular flexibility index (Phi) is 35.8. The molecule has 0 aliphatic carbocycles. The number of carbonyl (C=O) groups excluding carboxylic acids is 2. The number of allylic oxidation sites excluding steroid dienone is 13. The highest BCUT2D eigenvalue weighted by atomic mass is 16.5. The summed E-state index contributed by atoms with van der Waals surface area (Å²) >= 11 is 0. The Morgan fingerprint density at radius 2 is 1.04 bits per heavy atom. The quantitative estimate of drug-likeness (QED) is 0.0397. The Bertz CT molecular complexity index is 1030. The average Bonchev–Trinajstić information content (AvgIpc) is 3.10. The molecule has 0 aliphatic rings. The molecule has 282 valence electrons. The van der Waals surface area contributed by atoms with E-state index in [0.717, 1.165) is 64.2 Å². The van der Waals surface area contributed by atoms with E-state index in [1.54, 1.807) is 0 Å². The van der Waals surface area contributed by atoms with Crippen LogP contribution >= 0.6 is 0 Å². The third-order valence-corrected chi connectivity index (χ3v) is 8.04. The molecule has 0 rings (SSSR count). The lowest BCUT2D eigenvalue weighted by Crippen LogP contribution is -2.28. The lowest BCUT2D eigenvalue weighted by Gasteiger charge is -2.14. The molecular formula is C44H71NO5. The molecule has 1 unspecified atom stereocenters. The first-order valence-electron chi connectivity index (χ1n) is 19.7. The minimum atomic E-state index is -1.06. The molecule has 1 amide bonds. The minimum Gasteiger partial charge on any atom is -0.480 e. The molecular weight excluding hydrogens is 622 g/mol. The fourth-order valence-electron chi connectivity index (χ4n) is 5.14. The number of hydrogen-bond donors (Lipinski definition) is 2. The molecule has 0 saturated heterocycles. The smallest absolute Gasteiger partial charge is 0.322 e. The lowest BCUT2D eigenvalue weighted by molar-refractivity contribution is -0.147. The van der Waals surface area contributed by atoms with Gasteiger partial charge >= 0.3 is 11.9 Å². The molecule has 6 heteroatoms. The van der Waals surface area contributed by atoms with Crippen LogP contribution in [0.25, 0.3) is 0 Å². The maximum absolute atomic E-state index is 12.6. The van der Waals surface area contributed by atoms with Crippen molar-refractivity contribution >= 4 is 17.8 Å². The number of ether oxygens (including phenoxy) is 1. The van der Waals surface area contributed by atoms with Crippen molar-refractivity contribution < 1.29 is 24.2 Å². The molecule has 0 aromatic rings. The van der Waals surface area contributed by atoms with Crippen LogP contribution in [0.2, 0.25) is 0 Å². The summed E-state index contributed by atoms with van der Waals surface area (Å²) in [6.45, 7) is 4.01. The third kappa shape index (κ3) is 37.4. The summed E-state index contributed by atoms with van der Waals surface area (Å²) < 4.78 is 5.82. The number of hydrogen-bond acceptors (Lipinski definition) is 4. The number of unbranched alkanes of at least 4 members (excludes halogenated alkanes) is 11. The number of amides is 1. The van der Waals surface area contributed by atoms with E-state index in [-0.39, 0.29) is 30.9 Å². The second-order valence-corrected chi connectivity index (χ2v) is 12.8. The van der Waals surface area contributed by atoms with Crippen molar-refractivity contribution in [2.75, 3.05) is 6.54 Å². The number of rotatable bonds is 34. The maximum atomic E-state index is 12.6. The molecule has 0 spiro atoms. The molecule has 0 aromatic heterocycles. The monoisotopic (exact) mass is 694 g/mol. The van der Waals surface area contributed by atoms with Crippen LogP contribution in [0, 0.1) is 0 Å². The van der Waals surface area contributed by atoms with Crippen LogP contribution in [0.1, 0.15) is 162 Å². The summed E-state index contributed by atoms with van der Waals surface area (Å²) in [6.07, 6.45) is 52.8. The summed E-state index contributed by atoms with van der Waals surface area (Å²) in [5.41, 5.74) is 0. The summed E-state index contributed by atoms with van der Waals surface area (Å²) in [7, 11) is 0. The van der Waals surface area contributed by atoms with E-state index in [9.17, 15) is 14.4 Å². The van der Waals surface area contributed by atoms with Gasteiger partial charge in [-0.25, -0.2) is 0 Å². The largest absolute Gasteiger partial charge is 0.480 e. The van der Waals surface area contributed by atoms with Gasteiger partial charge in [0, 0.05) is 12.8 Å². The Morgan fingerprint density at radius 3 is 1.60 bits per heavy atom. The van der Waals surface area contributed by atoms with Gasteiger partial charge in [0.05, 0.1) is 0 Å². The summed E-state index contributed by atoms with van der Waals surface area (Å²) in [5, 5.41) is 11.1. The molecule has 0 radical (unpaired) electrons. The Morgan fingerprint density at radius 1 is 0.560 bits per heavy atom. The molecule has 0 fully saturated rings. The minimum absolute atomic E-state index is 0.169. The highest BCUT2D eigenvalue weighted by molar-refractivity contribution is 5.80. The second-order valence-electron chi connectivity index (χ2n) is 12.8. The van der Waals surface area contributed by atoms with E-state index in [1.165, 1.54) is 51.4 Å². The number of aliphatic carboxylic acids is 1. The zero-order valence-electron chi connectivity index (χ0n) is 31.7. The zero-order valence-corrected chi connectivity index (χ0v) is 31.7. The van der Waals surface area contributed by atoms with Crippen LogP contribution in [-0.4, -0.2) is 35.6 Å². The number of carboxylic acids is 1. The number of carbonyl (C=O) groups is 3. The van der Waals surface area contributed by atoms with Crippen LogP contribution in [0.4, 0.5) is 0 Å². The van der Waals surface area contributed by atoms with E-state index in [4.69, 9.17) is 9.84 Å². The number of carboxylic acid groups (broad SMARTS) is 1. The molecule has 0 aromatic carbocycles. The van der Waals surface area contributed by atoms with Crippen molar-refractivity contribution in [2.45, 2.75) is 168 Å². The van der Waals surface area contributed by atoms with Gasteiger partial charge in [-0.15, -0.1) is 0 Å². The van der Waals surface area contributed by atoms with E-state index < -0.39 is 5.97 Å². The number of esters is 1. The van der Waals surface area contributed by atoms with Crippen molar-refractivity contribution in [1.82, 2.24) is 5.32 Å². The summed E-state index contributed by atoms with van der Waals surface area (Å²) in [5.74, 6) is -1.50. The van der Waals surface area contributed by atoms with Crippen molar-refractivity contribution in [1.29, 1.82) is 0 Å². The van der Waals surface area contributed by atoms with Crippen LogP contribution in [0.15, 0.2) is 85.1 Å². The first-order valence-corrected chi connectivity index (χ1v) is 19.7. The van der Waals surface area contributed by atoms with Crippen molar-refractivity contribution in [3.05, 3.63) is 85.1 Å². The molecule has 1 atom stereocenters. The Hall–Kier alpha value is -3.41. The Balaban J connectivity index is 4.33. The van der Waals surface area contributed by atoms with Gasteiger partial charge in [0.25, 0.3) is 0 Å². The number of nitrogens with one attached hydrogen (secondary N) is 1. The fourth-order valence-corrected chi connectivity index (χ4v) is 5.14. The molecule has 6 nitrogen and oxygen atoms in total. The maximum Gasteiger partial charge on any atom is 0.322 e. The molecule has 0 bridgehead atoms. The van der Waals surface area contributed by atoms with E-state index in [0.29, 0.717) is 25.7 Å². The molecule has 2 N–H and O–H groups in total. The first-order chi connectivity index (χ1) is 24.5. The second kappa shape index (κ2) is 38.4. The SMILES string of the molecule is CC/C=C\C/C=C\C/C=C\C/C=C\C/C=C\C(CCCCC(=O)NCC(=O)O)OC(=O)CCCCCCCCC/C=C\C/C=C\CCCCC. The van der Waals surface area contributed by atoms with Crippen LogP contribution in [-0.2, 0) is 19.1 Å². The highest BCUT2D eigenvalue weighted by Gasteiger charge is 2.12. The average molecular weight is 694 g/mol. The first kappa shape index (κ1) is 46.6. The predicted octanol–water partition coefficient (Wildman–Crippen LogP) is 12.0. The molecule has 0 saturated carbocycles. The van der Waals surface area contributed by atoms with Gasteiger partial charge in [-0.3, -0.25) is 14.4 Å². The fraction of sp³-hybridized carbons (Fsp3) is 0.614. The van der Waals surface area contributed by atoms with Gasteiger partial charge < -0.3 is 15.2 Å². The topological polar surface area (TPSA) is 92.7 Å². The standard InChI is InChI=1S/C44H71NO5/c1-3-5-7-9-11-13-15-17-19-20-21-23-25-27-29-31-33-39-44(49)50-41(37-34-35-38-42(46)45-40-43(47)48)36-32-30-28-26-24-22-18-16-14-12-10-8-6-4-2/h6,8,11-14,17-19,22,26,28,32,36,41H,3-5,7,9-10,15-16,20-21,23-25,27,29-31,33-35,37-40H2,1-2H3,(H,45,46)(H,47,48)/b8-6-,13-11-,14-12-,19-17-,22-18-,28-26-,36-32-. The molecule has 50 heavy (non-hydrogen) atoms. The van der Waals surface area contributed by atoms with Gasteiger partial charge in [-0.1, -0.05) is 138 Å². The zero-order chi connectivity index (χ0) is 36.6. The molecule has 0 heterocycles. The van der Waals surface area contributed by atoms with Gasteiger partial charge in [-0.05, 0) is 96.0 Å². The van der Waals surface area contributed by atoms with Crippen LogP contribution in [0.3, 0.4) is 0 Å². The predicted molar refractivity (Wildman–Crippen MR) is 212 cm³/mol. The van der Waals surface area contributed by atoms with E-state index in [2.05, 4.69) is 92.1 Å². The van der Waals surface area contributed by atoms with Gasteiger partial charge in [-0.2, -0.15) is 0 Å². The summed E-state index contributed by atoms with van der Waals surface area (Å²) in [4.78, 5) is 35.1. The van der Waals surface area contributed by atoms with E-state index >= 15 is 0 Å². The van der Waals surface area contributed by atoms with Crippen LogP contribution < -0.4 is 5.32 Å². The highest BCUT2D eigenvalue weighted by Crippen LogP contribution is 2.14. The van der Waals surface area contributed by atoms with Gasteiger partial charge in [0.15, 0.2) is 0 Å². The third-order valence-electron chi connectivity index (χ3n) is 8.04. The Labute approximate surface area is 306 Å².